The summed E-state index contributed by atoms with van der Waals surface area (Å²) in [4.78, 5) is 25.1. The Morgan fingerprint density at radius 3 is 2.54 bits per heavy atom. The number of carbonyl (C=O) groups is 2. The van der Waals surface area contributed by atoms with Crippen LogP contribution in [0.1, 0.15) is 13.3 Å². The number of amides is 3. The second-order valence-electron chi connectivity index (χ2n) is 5.42. The number of rotatable bonds is 6. The lowest BCUT2D eigenvalue weighted by Crippen LogP contribution is -2.52. The minimum atomic E-state index is -3.44. The SMILES string of the molecule is CCCNC(=O)NC(=O)CN1CCN(S(=O)(=O)c2cccs2)CC1. The Kier molecular flexibility index (Phi) is 6.72. The molecule has 0 saturated carbocycles. The number of sulfonamides is 1. The van der Waals surface area contributed by atoms with Gasteiger partial charge in [0.15, 0.2) is 0 Å². The summed E-state index contributed by atoms with van der Waals surface area (Å²) in [5.74, 6) is -0.391. The molecule has 0 atom stereocenters. The molecular formula is C14H22N4O4S2. The van der Waals surface area contributed by atoms with Crippen molar-refractivity contribution >= 4 is 33.3 Å². The van der Waals surface area contributed by atoms with E-state index in [4.69, 9.17) is 0 Å². The molecule has 3 amide bonds. The molecule has 0 spiro atoms. The molecule has 1 aliphatic heterocycles. The molecule has 1 fully saturated rings. The number of nitrogens with one attached hydrogen (secondary N) is 2. The zero-order chi connectivity index (χ0) is 17.6. The molecular weight excluding hydrogens is 352 g/mol. The van der Waals surface area contributed by atoms with Crippen molar-refractivity contribution in [2.45, 2.75) is 17.6 Å². The molecule has 1 aromatic rings. The van der Waals surface area contributed by atoms with E-state index < -0.39 is 22.0 Å². The molecule has 2 N–H and O–H groups in total. The van der Waals surface area contributed by atoms with Crippen LogP contribution >= 0.6 is 11.3 Å². The zero-order valence-corrected chi connectivity index (χ0v) is 15.2. The first kappa shape index (κ1) is 18.8. The minimum absolute atomic E-state index is 0.0758. The van der Waals surface area contributed by atoms with Gasteiger partial charge in [0, 0.05) is 32.7 Å². The van der Waals surface area contributed by atoms with Gasteiger partial charge in [0.1, 0.15) is 4.21 Å². The molecule has 1 aliphatic rings. The molecule has 0 aliphatic carbocycles. The van der Waals surface area contributed by atoms with Crippen molar-refractivity contribution in [3.8, 4) is 0 Å². The van der Waals surface area contributed by atoms with Crippen LogP contribution in [0.15, 0.2) is 21.7 Å². The molecule has 2 heterocycles. The standard InChI is InChI=1S/C14H22N4O4S2/c1-2-5-15-14(20)16-12(19)11-17-6-8-18(9-7-17)24(21,22)13-4-3-10-23-13/h3-4,10H,2,5-9,11H2,1H3,(H2,15,16,19,20). The Bertz CT molecular complexity index is 652. The van der Waals surface area contributed by atoms with Crippen LogP contribution in [0, 0.1) is 0 Å². The predicted octanol–water partition coefficient (Wildman–Crippen LogP) is 0.290. The largest absolute Gasteiger partial charge is 0.338 e. The molecule has 8 nitrogen and oxygen atoms in total. The summed E-state index contributed by atoms with van der Waals surface area (Å²) in [6.45, 7) is 4.07. The number of hydrogen-bond acceptors (Lipinski definition) is 6. The van der Waals surface area contributed by atoms with Gasteiger partial charge in [-0.3, -0.25) is 15.0 Å². The van der Waals surface area contributed by atoms with Gasteiger partial charge in [0.2, 0.25) is 5.91 Å². The van der Waals surface area contributed by atoms with Crippen molar-refractivity contribution in [3.05, 3.63) is 17.5 Å². The fraction of sp³-hybridized carbons (Fsp3) is 0.571. The molecule has 1 aromatic heterocycles. The van der Waals surface area contributed by atoms with E-state index in [9.17, 15) is 18.0 Å². The predicted molar refractivity (Wildman–Crippen MR) is 91.4 cm³/mol. The number of hydrogen-bond donors (Lipinski definition) is 2. The van der Waals surface area contributed by atoms with Crippen LogP contribution in [0.25, 0.3) is 0 Å². The van der Waals surface area contributed by atoms with Crippen LogP contribution in [0.4, 0.5) is 4.79 Å². The summed E-state index contributed by atoms with van der Waals surface area (Å²) in [7, 11) is -3.44. The molecule has 0 bridgehead atoms. The molecule has 134 valence electrons. The molecule has 24 heavy (non-hydrogen) atoms. The number of nitrogens with zero attached hydrogens (tertiary/aromatic N) is 2. The molecule has 0 radical (unpaired) electrons. The lowest BCUT2D eigenvalue weighted by atomic mass is 10.3. The first-order valence-electron chi connectivity index (χ1n) is 7.77. The highest BCUT2D eigenvalue weighted by atomic mass is 32.2. The van der Waals surface area contributed by atoms with Gasteiger partial charge < -0.3 is 5.32 Å². The molecule has 10 heteroatoms. The molecule has 0 aromatic carbocycles. The van der Waals surface area contributed by atoms with Crippen molar-refractivity contribution in [2.24, 2.45) is 0 Å². The maximum Gasteiger partial charge on any atom is 0.321 e. The van der Waals surface area contributed by atoms with Gasteiger partial charge in [-0.05, 0) is 17.9 Å². The van der Waals surface area contributed by atoms with Gasteiger partial charge in [0.25, 0.3) is 10.0 Å². The summed E-state index contributed by atoms with van der Waals surface area (Å²) in [5, 5.41) is 6.57. The lowest BCUT2D eigenvalue weighted by molar-refractivity contribution is -0.121. The summed E-state index contributed by atoms with van der Waals surface area (Å²) >= 11 is 1.20. The van der Waals surface area contributed by atoms with Crippen LogP contribution in [0.2, 0.25) is 0 Å². The second kappa shape index (κ2) is 8.56. The highest BCUT2D eigenvalue weighted by Gasteiger charge is 2.29. The average Bonchev–Trinajstić information content (AvgIpc) is 3.08. The summed E-state index contributed by atoms with van der Waals surface area (Å²) < 4.78 is 26.6. The van der Waals surface area contributed by atoms with Crippen LogP contribution in [0.5, 0.6) is 0 Å². The highest BCUT2D eigenvalue weighted by molar-refractivity contribution is 7.91. The first-order chi connectivity index (χ1) is 11.4. The quantitative estimate of drug-likeness (QED) is 0.746. The number of imide groups is 1. The van der Waals surface area contributed by atoms with Crippen LogP contribution in [-0.2, 0) is 14.8 Å². The van der Waals surface area contributed by atoms with E-state index in [0.29, 0.717) is 36.9 Å². The van der Waals surface area contributed by atoms with Crippen molar-refractivity contribution < 1.29 is 18.0 Å². The Hall–Kier alpha value is -1.49. The maximum absolute atomic E-state index is 12.4. The second-order valence-corrected chi connectivity index (χ2v) is 8.53. The van der Waals surface area contributed by atoms with Crippen molar-refractivity contribution in [1.82, 2.24) is 19.8 Å². The monoisotopic (exact) mass is 374 g/mol. The van der Waals surface area contributed by atoms with E-state index in [-0.39, 0.29) is 6.54 Å². The fourth-order valence-corrected chi connectivity index (χ4v) is 4.88. The number of carbonyl (C=O) groups excluding carboxylic acids is 2. The van der Waals surface area contributed by atoms with Gasteiger partial charge in [0.05, 0.1) is 6.54 Å². The van der Waals surface area contributed by atoms with Crippen LogP contribution in [0.3, 0.4) is 0 Å². The number of thiophene rings is 1. The topological polar surface area (TPSA) is 98.8 Å². The summed E-state index contributed by atoms with van der Waals surface area (Å²) in [6, 6.07) is 2.80. The van der Waals surface area contributed by atoms with Crippen LogP contribution in [-0.4, -0.2) is 68.8 Å². The average molecular weight is 374 g/mol. The van der Waals surface area contributed by atoms with Crippen molar-refractivity contribution in [3.63, 3.8) is 0 Å². The third-order valence-electron chi connectivity index (χ3n) is 3.58. The van der Waals surface area contributed by atoms with Crippen molar-refractivity contribution in [2.75, 3.05) is 39.3 Å². The van der Waals surface area contributed by atoms with Crippen molar-refractivity contribution in [1.29, 1.82) is 0 Å². The van der Waals surface area contributed by atoms with E-state index in [2.05, 4.69) is 10.6 Å². The van der Waals surface area contributed by atoms with E-state index in [1.165, 1.54) is 15.6 Å². The van der Waals surface area contributed by atoms with E-state index in [1.54, 1.807) is 17.5 Å². The molecule has 0 unspecified atom stereocenters. The minimum Gasteiger partial charge on any atom is -0.338 e. The summed E-state index contributed by atoms with van der Waals surface area (Å²) in [6.07, 6.45) is 0.794. The van der Waals surface area contributed by atoms with Gasteiger partial charge in [-0.15, -0.1) is 11.3 Å². The van der Waals surface area contributed by atoms with Gasteiger partial charge in [-0.25, -0.2) is 13.2 Å². The lowest BCUT2D eigenvalue weighted by Gasteiger charge is -2.33. The highest BCUT2D eigenvalue weighted by Crippen LogP contribution is 2.21. The van der Waals surface area contributed by atoms with E-state index in [1.807, 2.05) is 11.8 Å². The van der Waals surface area contributed by atoms with Gasteiger partial charge in [-0.1, -0.05) is 13.0 Å². The third-order valence-corrected chi connectivity index (χ3v) is 6.85. The van der Waals surface area contributed by atoms with E-state index in [0.717, 1.165) is 6.42 Å². The Labute approximate surface area is 145 Å². The fourth-order valence-electron chi connectivity index (χ4n) is 2.32. The first-order valence-corrected chi connectivity index (χ1v) is 10.1. The molecule has 2 rings (SSSR count). The van der Waals surface area contributed by atoms with Gasteiger partial charge in [-0.2, -0.15) is 4.31 Å². The zero-order valence-electron chi connectivity index (χ0n) is 13.5. The Morgan fingerprint density at radius 2 is 1.96 bits per heavy atom. The van der Waals surface area contributed by atoms with Gasteiger partial charge >= 0.3 is 6.03 Å². The Morgan fingerprint density at radius 1 is 1.25 bits per heavy atom. The molecule has 1 saturated heterocycles. The Balaban J connectivity index is 1.79. The number of urea groups is 1. The number of piperazine rings is 1. The van der Waals surface area contributed by atoms with Crippen LogP contribution < -0.4 is 10.6 Å². The normalized spacial score (nSPS) is 16.7. The summed E-state index contributed by atoms with van der Waals surface area (Å²) in [5.41, 5.74) is 0. The maximum atomic E-state index is 12.4. The van der Waals surface area contributed by atoms with E-state index >= 15 is 0 Å². The smallest absolute Gasteiger partial charge is 0.321 e. The third kappa shape index (κ3) is 5.00.